The number of hydrogen-bond donors (Lipinski definition) is 2. The number of nitrogens with zero attached hydrogens (tertiary/aromatic N) is 2. The molecule has 1 amide bonds. The summed E-state index contributed by atoms with van der Waals surface area (Å²) in [6.07, 6.45) is 5.10. The molecule has 2 atom stereocenters. The molecule has 3 heterocycles. The van der Waals surface area contributed by atoms with Crippen LogP contribution in [0.2, 0.25) is 0 Å². The number of nitrogens with one attached hydrogen (secondary N) is 2. The standard InChI is InChI=1S/C21H19FN4O/c1-11-3-5-16-20(12(2)8-23-16)19(11)13-4-6-18-24-17(10-26(18)9-13)25-21(27)14-7-15(14)22/h3-6,8-10,14-15,23H,7H2,1-2H3,(H,25,27). The second-order valence-electron chi connectivity index (χ2n) is 7.31. The van der Waals surface area contributed by atoms with Crippen LogP contribution in [0.4, 0.5) is 10.2 Å². The summed E-state index contributed by atoms with van der Waals surface area (Å²) < 4.78 is 15.0. The number of carbonyl (C=O) groups is 1. The van der Waals surface area contributed by atoms with E-state index in [1.807, 2.05) is 28.9 Å². The molecule has 2 unspecified atom stereocenters. The van der Waals surface area contributed by atoms with Gasteiger partial charge in [0.05, 0.1) is 12.1 Å². The number of aromatic nitrogens is 3. The summed E-state index contributed by atoms with van der Waals surface area (Å²) in [5.74, 6) is -0.374. The van der Waals surface area contributed by atoms with E-state index in [-0.39, 0.29) is 5.91 Å². The molecule has 1 fully saturated rings. The molecule has 6 heteroatoms. The van der Waals surface area contributed by atoms with Gasteiger partial charge >= 0.3 is 0 Å². The molecule has 27 heavy (non-hydrogen) atoms. The van der Waals surface area contributed by atoms with Gasteiger partial charge in [0.15, 0.2) is 5.82 Å². The third-order valence-corrected chi connectivity index (χ3v) is 5.29. The van der Waals surface area contributed by atoms with Gasteiger partial charge in [0, 0.05) is 23.3 Å². The highest BCUT2D eigenvalue weighted by Gasteiger charge is 2.43. The van der Waals surface area contributed by atoms with Gasteiger partial charge in [0.1, 0.15) is 11.8 Å². The summed E-state index contributed by atoms with van der Waals surface area (Å²) in [5, 5.41) is 3.93. The number of aryl methyl sites for hydroxylation is 2. The Morgan fingerprint density at radius 1 is 1.22 bits per heavy atom. The quantitative estimate of drug-likeness (QED) is 0.568. The van der Waals surface area contributed by atoms with E-state index >= 15 is 0 Å². The lowest BCUT2D eigenvalue weighted by molar-refractivity contribution is -0.117. The Kier molecular flexibility index (Phi) is 3.37. The van der Waals surface area contributed by atoms with Crippen LogP contribution < -0.4 is 5.32 Å². The maximum absolute atomic E-state index is 13.1. The van der Waals surface area contributed by atoms with Crippen LogP contribution in [0.1, 0.15) is 17.5 Å². The molecule has 1 aromatic carbocycles. The van der Waals surface area contributed by atoms with Crippen molar-refractivity contribution in [1.29, 1.82) is 0 Å². The fourth-order valence-electron chi connectivity index (χ4n) is 3.72. The molecular formula is C21H19FN4O. The molecule has 1 aliphatic carbocycles. The predicted octanol–water partition coefficient (Wildman–Crippen LogP) is 4.40. The zero-order valence-corrected chi connectivity index (χ0v) is 15.1. The fourth-order valence-corrected chi connectivity index (χ4v) is 3.72. The minimum absolute atomic E-state index is 0.297. The van der Waals surface area contributed by atoms with Crippen molar-refractivity contribution in [1.82, 2.24) is 14.4 Å². The maximum atomic E-state index is 13.1. The van der Waals surface area contributed by atoms with Gasteiger partial charge in [0.2, 0.25) is 5.91 Å². The van der Waals surface area contributed by atoms with E-state index in [2.05, 4.69) is 41.3 Å². The number of halogens is 1. The summed E-state index contributed by atoms with van der Waals surface area (Å²) in [7, 11) is 0. The predicted molar refractivity (Wildman–Crippen MR) is 104 cm³/mol. The summed E-state index contributed by atoms with van der Waals surface area (Å²) in [6, 6.07) is 8.18. The third-order valence-electron chi connectivity index (χ3n) is 5.29. The molecule has 5 rings (SSSR count). The Morgan fingerprint density at radius 2 is 2.04 bits per heavy atom. The van der Waals surface area contributed by atoms with Crippen molar-refractivity contribution >= 4 is 28.3 Å². The molecule has 1 aliphatic rings. The topological polar surface area (TPSA) is 62.2 Å². The van der Waals surface area contributed by atoms with Crippen molar-refractivity contribution in [3.05, 3.63) is 54.0 Å². The average molecular weight is 362 g/mol. The van der Waals surface area contributed by atoms with Crippen LogP contribution >= 0.6 is 0 Å². The number of anilines is 1. The minimum Gasteiger partial charge on any atom is -0.361 e. The largest absolute Gasteiger partial charge is 0.361 e. The SMILES string of the molecule is Cc1ccc2[nH]cc(C)c2c1-c1ccc2nc(NC(=O)C3CC3F)cn2c1. The van der Waals surface area contributed by atoms with E-state index in [4.69, 9.17) is 0 Å². The Bertz CT molecular complexity index is 1210. The molecule has 1 saturated carbocycles. The van der Waals surface area contributed by atoms with Crippen molar-refractivity contribution in [3.63, 3.8) is 0 Å². The lowest BCUT2D eigenvalue weighted by atomic mass is 9.96. The molecule has 4 aromatic rings. The van der Waals surface area contributed by atoms with Gasteiger partial charge in [-0.2, -0.15) is 0 Å². The van der Waals surface area contributed by atoms with Gasteiger partial charge in [-0.05, 0) is 60.7 Å². The highest BCUT2D eigenvalue weighted by atomic mass is 19.1. The van der Waals surface area contributed by atoms with E-state index < -0.39 is 12.1 Å². The number of amides is 1. The van der Waals surface area contributed by atoms with Crippen LogP contribution in [0.3, 0.4) is 0 Å². The Labute approximate surface area is 155 Å². The van der Waals surface area contributed by atoms with Crippen LogP contribution in [0.5, 0.6) is 0 Å². The van der Waals surface area contributed by atoms with Gasteiger partial charge < -0.3 is 14.7 Å². The van der Waals surface area contributed by atoms with Crippen molar-refractivity contribution < 1.29 is 9.18 Å². The van der Waals surface area contributed by atoms with Crippen LogP contribution in [0.25, 0.3) is 27.7 Å². The second-order valence-corrected chi connectivity index (χ2v) is 7.31. The highest BCUT2D eigenvalue weighted by molar-refractivity contribution is 5.99. The zero-order chi connectivity index (χ0) is 18.7. The van der Waals surface area contributed by atoms with Crippen molar-refractivity contribution in [2.75, 3.05) is 5.32 Å². The van der Waals surface area contributed by atoms with Gasteiger partial charge in [-0.25, -0.2) is 9.37 Å². The molecule has 0 radical (unpaired) electrons. The number of benzene rings is 1. The molecule has 2 N–H and O–H groups in total. The molecule has 0 aliphatic heterocycles. The number of fused-ring (bicyclic) bond motifs is 2. The Hall–Kier alpha value is -3.15. The summed E-state index contributed by atoms with van der Waals surface area (Å²) in [6.45, 7) is 4.20. The average Bonchev–Trinajstić information content (AvgIpc) is 3.07. The molecule has 5 nitrogen and oxygen atoms in total. The number of hydrogen-bond acceptors (Lipinski definition) is 2. The smallest absolute Gasteiger partial charge is 0.231 e. The number of pyridine rings is 1. The summed E-state index contributed by atoms with van der Waals surface area (Å²) in [4.78, 5) is 19.7. The van der Waals surface area contributed by atoms with Crippen molar-refractivity contribution in [2.45, 2.75) is 26.4 Å². The number of alkyl halides is 1. The molecule has 3 aromatic heterocycles. The van der Waals surface area contributed by atoms with E-state index in [0.29, 0.717) is 12.2 Å². The van der Waals surface area contributed by atoms with E-state index in [9.17, 15) is 9.18 Å². The number of aromatic amines is 1. The fraction of sp³-hybridized carbons (Fsp3) is 0.238. The number of H-pyrrole nitrogens is 1. The van der Waals surface area contributed by atoms with Crippen molar-refractivity contribution in [2.24, 2.45) is 5.92 Å². The minimum atomic E-state index is -1.01. The van der Waals surface area contributed by atoms with Crippen molar-refractivity contribution in [3.8, 4) is 11.1 Å². The highest BCUT2D eigenvalue weighted by Crippen LogP contribution is 2.35. The number of rotatable bonds is 3. The monoisotopic (exact) mass is 362 g/mol. The normalized spacial score (nSPS) is 18.9. The van der Waals surface area contributed by atoms with Crippen LogP contribution in [0, 0.1) is 19.8 Å². The third kappa shape index (κ3) is 2.60. The first-order valence-electron chi connectivity index (χ1n) is 9.02. The number of carbonyl (C=O) groups excluding carboxylic acids is 1. The van der Waals surface area contributed by atoms with Gasteiger partial charge in [-0.3, -0.25) is 4.79 Å². The Balaban J connectivity index is 1.56. The maximum Gasteiger partial charge on any atom is 0.231 e. The summed E-state index contributed by atoms with van der Waals surface area (Å²) >= 11 is 0. The molecule has 0 saturated heterocycles. The van der Waals surface area contributed by atoms with Crippen LogP contribution in [-0.4, -0.2) is 26.4 Å². The first kappa shape index (κ1) is 16.1. The van der Waals surface area contributed by atoms with Gasteiger partial charge in [-0.1, -0.05) is 6.07 Å². The molecular weight excluding hydrogens is 343 g/mol. The van der Waals surface area contributed by atoms with E-state index in [0.717, 1.165) is 16.7 Å². The van der Waals surface area contributed by atoms with Gasteiger partial charge in [0.25, 0.3) is 0 Å². The van der Waals surface area contributed by atoms with Crippen LogP contribution in [-0.2, 0) is 4.79 Å². The van der Waals surface area contributed by atoms with Gasteiger partial charge in [-0.15, -0.1) is 0 Å². The lowest BCUT2D eigenvalue weighted by Gasteiger charge is -2.10. The molecule has 0 bridgehead atoms. The molecule has 0 spiro atoms. The van der Waals surface area contributed by atoms with Crippen LogP contribution in [0.15, 0.2) is 42.9 Å². The van der Waals surface area contributed by atoms with E-state index in [1.165, 1.54) is 22.1 Å². The first-order chi connectivity index (χ1) is 13.0. The first-order valence-corrected chi connectivity index (χ1v) is 9.02. The zero-order valence-electron chi connectivity index (χ0n) is 15.1. The van der Waals surface area contributed by atoms with E-state index in [1.54, 1.807) is 6.20 Å². The number of imidazole rings is 1. The summed E-state index contributed by atoms with van der Waals surface area (Å²) in [5.41, 5.74) is 6.50. The molecule has 136 valence electrons. The lowest BCUT2D eigenvalue weighted by Crippen LogP contribution is -2.15. The Morgan fingerprint density at radius 3 is 2.81 bits per heavy atom. The second kappa shape index (κ2) is 5.67.